The van der Waals surface area contributed by atoms with E-state index in [0.29, 0.717) is 0 Å². The predicted molar refractivity (Wildman–Crippen MR) is 50.3 cm³/mol. The largest absolute Gasteiger partial charge is 0.450 e. The van der Waals surface area contributed by atoms with Gasteiger partial charge in [-0.15, -0.1) is 0 Å². The van der Waals surface area contributed by atoms with Crippen molar-refractivity contribution in [3.63, 3.8) is 0 Å². The van der Waals surface area contributed by atoms with Gasteiger partial charge in [-0.2, -0.15) is 47.9 Å². The molecule has 17 heteroatoms. The molecule has 4 nitrogen and oxygen atoms in total. The zero-order valence-corrected chi connectivity index (χ0v) is 11.9. The van der Waals surface area contributed by atoms with Gasteiger partial charge in [0.15, 0.2) is 0 Å². The molecule has 0 aromatic carbocycles. The van der Waals surface area contributed by atoms with Gasteiger partial charge in [-0.05, 0) is 23.2 Å². The van der Waals surface area contributed by atoms with Gasteiger partial charge in [0.2, 0.25) is 0 Å². The summed E-state index contributed by atoms with van der Waals surface area (Å²) in [7, 11) is -7.74. The SMILES string of the molecule is O=S(=O)(F)C(F)(F)C(F)(F)C1(C(F)(F)F)OC(F)(Cl)C(F)(Cl)O1. The molecule has 0 amide bonds. The molecule has 0 N–H and O–H groups in total. The maximum absolute atomic E-state index is 13.5. The zero-order chi connectivity index (χ0) is 18.9. The quantitative estimate of drug-likeness (QED) is 0.392. The van der Waals surface area contributed by atoms with Crippen LogP contribution in [-0.2, 0) is 19.7 Å². The number of hydrogen-bond donors (Lipinski definition) is 0. The van der Waals surface area contributed by atoms with Gasteiger partial charge in [0, 0.05) is 0 Å². The molecule has 1 rings (SSSR count). The lowest BCUT2D eigenvalue weighted by Crippen LogP contribution is -2.68. The number of alkyl halides is 11. The second-order valence-corrected chi connectivity index (χ2v) is 6.24. The summed E-state index contributed by atoms with van der Waals surface area (Å²) in [5.41, 5.74) is 0. The summed E-state index contributed by atoms with van der Waals surface area (Å²) in [4.78, 5) is 0. The van der Waals surface area contributed by atoms with Crippen molar-refractivity contribution >= 4 is 33.4 Å². The molecule has 1 saturated heterocycles. The number of hydrogen-bond acceptors (Lipinski definition) is 4. The standard InChI is InChI=1S/C6Cl2F10O4S/c7-3(11)4(8,12)22-2(21-3,5(13,14)15)1(9,10)6(16,17)23(18,19)20. The van der Waals surface area contributed by atoms with Crippen LogP contribution in [0.3, 0.4) is 0 Å². The van der Waals surface area contributed by atoms with E-state index < -0.39 is 44.0 Å². The Morgan fingerprint density at radius 1 is 0.826 bits per heavy atom. The Bertz CT molecular complexity index is 583. The van der Waals surface area contributed by atoms with Gasteiger partial charge >= 0.3 is 44.0 Å². The maximum Gasteiger partial charge on any atom is 0.450 e. The minimum absolute atomic E-state index is 2.65. The fourth-order valence-electron chi connectivity index (χ4n) is 1.27. The summed E-state index contributed by atoms with van der Waals surface area (Å²) >= 11 is 8.56. The van der Waals surface area contributed by atoms with E-state index in [1.807, 2.05) is 0 Å². The van der Waals surface area contributed by atoms with Crippen molar-refractivity contribution in [1.82, 2.24) is 0 Å². The highest BCUT2D eigenvalue weighted by molar-refractivity contribution is 7.87. The van der Waals surface area contributed by atoms with Crippen LogP contribution in [0.1, 0.15) is 0 Å². The molecule has 1 heterocycles. The van der Waals surface area contributed by atoms with Crippen LogP contribution in [0.5, 0.6) is 0 Å². The highest BCUT2D eigenvalue weighted by Crippen LogP contribution is 2.64. The maximum atomic E-state index is 13.5. The molecule has 0 aliphatic carbocycles. The summed E-state index contributed by atoms with van der Waals surface area (Å²) in [6.45, 7) is 0. The monoisotopic (exact) mass is 428 g/mol. The summed E-state index contributed by atoms with van der Waals surface area (Å²) in [5, 5.41) is -17.4. The second-order valence-electron chi connectivity index (χ2n) is 3.88. The lowest BCUT2D eigenvalue weighted by atomic mass is 10.1. The van der Waals surface area contributed by atoms with Crippen LogP contribution in [0.15, 0.2) is 0 Å². The van der Waals surface area contributed by atoms with Gasteiger partial charge in [-0.3, -0.25) is 9.47 Å². The van der Waals surface area contributed by atoms with E-state index in [0.717, 1.165) is 0 Å². The first-order valence-electron chi connectivity index (χ1n) is 4.59. The van der Waals surface area contributed by atoms with E-state index in [1.54, 1.807) is 0 Å². The van der Waals surface area contributed by atoms with Crippen LogP contribution >= 0.6 is 23.2 Å². The third kappa shape index (κ3) is 2.63. The molecule has 2 atom stereocenters. The molecule has 0 aromatic heterocycles. The fraction of sp³-hybridized carbons (Fsp3) is 1.00. The Morgan fingerprint density at radius 2 is 1.13 bits per heavy atom. The minimum atomic E-state index is -7.74. The second kappa shape index (κ2) is 4.89. The van der Waals surface area contributed by atoms with E-state index in [4.69, 9.17) is 0 Å². The van der Waals surface area contributed by atoms with Gasteiger partial charge < -0.3 is 0 Å². The highest BCUT2D eigenvalue weighted by Gasteiger charge is 2.92. The molecule has 0 aromatic rings. The predicted octanol–water partition coefficient (Wildman–Crippen LogP) is 3.54. The van der Waals surface area contributed by atoms with E-state index in [9.17, 15) is 51.8 Å². The number of rotatable bonds is 3. The first kappa shape index (κ1) is 20.8. The molecule has 0 saturated carbocycles. The average Bonchev–Trinajstić information content (AvgIpc) is 2.43. The van der Waals surface area contributed by atoms with E-state index >= 15 is 0 Å². The Kier molecular flexibility index (Phi) is 4.42. The first-order valence-corrected chi connectivity index (χ1v) is 6.73. The molecule has 0 spiro atoms. The van der Waals surface area contributed by atoms with E-state index in [2.05, 4.69) is 32.7 Å². The topological polar surface area (TPSA) is 52.6 Å². The highest BCUT2D eigenvalue weighted by atomic mass is 35.5. The van der Waals surface area contributed by atoms with Gasteiger partial charge in [0.25, 0.3) is 0 Å². The van der Waals surface area contributed by atoms with Crippen molar-refractivity contribution < 1.29 is 61.3 Å². The van der Waals surface area contributed by atoms with E-state index in [1.165, 1.54) is 0 Å². The van der Waals surface area contributed by atoms with Gasteiger partial charge in [0.05, 0.1) is 0 Å². The average molecular weight is 429 g/mol. The summed E-state index contributed by atoms with van der Waals surface area (Å²) in [6, 6.07) is 0. The zero-order valence-electron chi connectivity index (χ0n) is 9.58. The third-order valence-electron chi connectivity index (χ3n) is 2.34. The van der Waals surface area contributed by atoms with Crippen molar-refractivity contribution in [3.8, 4) is 0 Å². The Labute approximate surface area is 129 Å². The Hall–Kier alpha value is -0.250. The summed E-state index contributed by atoms with van der Waals surface area (Å²) in [6.07, 6.45) is -6.96. The number of halogens is 12. The normalized spacial score (nSPS) is 37.2. The fourth-order valence-corrected chi connectivity index (χ4v) is 2.00. The van der Waals surface area contributed by atoms with Crippen molar-refractivity contribution in [2.75, 3.05) is 0 Å². The van der Waals surface area contributed by atoms with Crippen LogP contribution in [0.4, 0.5) is 43.4 Å². The lowest BCUT2D eigenvalue weighted by molar-refractivity contribution is -0.446. The molecule has 23 heavy (non-hydrogen) atoms. The van der Waals surface area contributed by atoms with Gasteiger partial charge in [0.1, 0.15) is 0 Å². The molecule has 1 aliphatic rings. The molecule has 138 valence electrons. The minimum Gasteiger partial charge on any atom is -0.281 e. The third-order valence-corrected chi connectivity index (χ3v) is 3.95. The molecule has 1 aliphatic heterocycles. The summed E-state index contributed by atoms with van der Waals surface area (Å²) in [5.74, 6) is -13.6. The van der Waals surface area contributed by atoms with Crippen molar-refractivity contribution in [1.29, 1.82) is 0 Å². The van der Waals surface area contributed by atoms with Crippen molar-refractivity contribution in [2.45, 2.75) is 33.8 Å². The Balaban J connectivity index is 3.72. The van der Waals surface area contributed by atoms with Gasteiger partial charge in [-0.25, -0.2) is 0 Å². The molecule has 1 fully saturated rings. The summed E-state index contributed by atoms with van der Waals surface area (Å²) < 4.78 is 155. The van der Waals surface area contributed by atoms with E-state index in [-0.39, 0.29) is 0 Å². The van der Waals surface area contributed by atoms with Crippen LogP contribution in [0.2, 0.25) is 0 Å². The molecule has 0 radical (unpaired) electrons. The lowest BCUT2D eigenvalue weighted by Gasteiger charge is -2.37. The van der Waals surface area contributed by atoms with Gasteiger partial charge in [-0.1, -0.05) is 3.89 Å². The first-order chi connectivity index (χ1) is 9.66. The molecule has 0 bridgehead atoms. The van der Waals surface area contributed by atoms with Crippen LogP contribution in [0, 0.1) is 0 Å². The van der Waals surface area contributed by atoms with Crippen LogP contribution in [0.25, 0.3) is 0 Å². The molecule has 2 unspecified atom stereocenters. The molecular formula is C6Cl2F10O4S. The smallest absolute Gasteiger partial charge is 0.281 e. The Morgan fingerprint density at radius 3 is 1.35 bits per heavy atom. The van der Waals surface area contributed by atoms with Crippen molar-refractivity contribution in [3.05, 3.63) is 0 Å². The van der Waals surface area contributed by atoms with Crippen LogP contribution in [-0.4, -0.2) is 42.2 Å². The van der Waals surface area contributed by atoms with Crippen LogP contribution < -0.4 is 0 Å². The number of ether oxygens (including phenoxy) is 2. The molecular weight excluding hydrogens is 429 g/mol. The van der Waals surface area contributed by atoms with Crippen molar-refractivity contribution in [2.24, 2.45) is 0 Å².